The van der Waals surface area contributed by atoms with E-state index < -0.39 is 16.6 Å². The Morgan fingerprint density at radius 2 is 2.12 bits per heavy atom. The van der Waals surface area contributed by atoms with Gasteiger partial charge < -0.3 is 15.0 Å². The van der Waals surface area contributed by atoms with Crippen LogP contribution in [0.2, 0.25) is 0 Å². The minimum absolute atomic E-state index is 0.00265. The number of hydrogen-bond acceptors (Lipinski definition) is 6. The second kappa shape index (κ2) is 7.06. The van der Waals surface area contributed by atoms with Crippen molar-refractivity contribution in [2.24, 2.45) is 7.05 Å². The first kappa shape index (κ1) is 18.0. The topological polar surface area (TPSA) is 103 Å². The van der Waals surface area contributed by atoms with Gasteiger partial charge in [0.15, 0.2) is 0 Å². The van der Waals surface area contributed by atoms with E-state index in [1.54, 1.807) is 7.05 Å². The zero-order valence-corrected chi connectivity index (χ0v) is 14.6. The maximum absolute atomic E-state index is 11.9. The van der Waals surface area contributed by atoms with E-state index >= 15 is 0 Å². The van der Waals surface area contributed by atoms with E-state index in [9.17, 15) is 14.9 Å². The number of ether oxygens (including phenoxy) is 1. The van der Waals surface area contributed by atoms with Crippen LogP contribution >= 0.6 is 0 Å². The molecule has 0 spiro atoms. The van der Waals surface area contributed by atoms with E-state index in [-0.39, 0.29) is 11.7 Å². The maximum atomic E-state index is 11.9. The molecule has 0 aliphatic carbocycles. The van der Waals surface area contributed by atoms with Gasteiger partial charge in [-0.05, 0) is 40.0 Å². The number of rotatable bonds is 3. The first-order valence-corrected chi connectivity index (χ1v) is 8.08. The van der Waals surface area contributed by atoms with Gasteiger partial charge in [0.1, 0.15) is 11.8 Å². The number of nitrogens with zero attached hydrogens (tertiary/aromatic N) is 4. The fraction of sp³-hybridized carbons (Fsp3) is 0.733. The summed E-state index contributed by atoms with van der Waals surface area (Å²) in [5.41, 5.74) is -0.521. The van der Waals surface area contributed by atoms with E-state index in [1.807, 2.05) is 25.7 Å². The minimum Gasteiger partial charge on any atom is -0.444 e. The molecular weight excluding hydrogens is 314 g/mol. The number of aryl methyl sites for hydroxylation is 1. The normalized spacial score (nSPS) is 18.8. The third kappa shape index (κ3) is 4.59. The summed E-state index contributed by atoms with van der Waals surface area (Å²) >= 11 is 0. The fourth-order valence-electron chi connectivity index (χ4n) is 2.84. The zero-order chi connectivity index (χ0) is 17.9. The van der Waals surface area contributed by atoms with Crippen LogP contribution in [-0.4, -0.2) is 45.5 Å². The number of nitrogens with one attached hydrogen (secondary N) is 1. The number of aromatic nitrogens is 2. The molecule has 24 heavy (non-hydrogen) atoms. The van der Waals surface area contributed by atoms with E-state index in [4.69, 9.17) is 4.74 Å². The highest BCUT2D eigenvalue weighted by Gasteiger charge is 2.28. The molecule has 0 radical (unpaired) electrons. The van der Waals surface area contributed by atoms with E-state index in [0.29, 0.717) is 25.3 Å². The van der Waals surface area contributed by atoms with Gasteiger partial charge in [0.05, 0.1) is 4.92 Å². The zero-order valence-electron chi connectivity index (χ0n) is 14.6. The molecular formula is C15H25N5O4. The van der Waals surface area contributed by atoms with E-state index in [2.05, 4.69) is 10.4 Å². The second-order valence-corrected chi connectivity index (χ2v) is 7.00. The molecule has 1 aromatic rings. The molecule has 0 bridgehead atoms. The number of hydrogen-bond donors (Lipinski definition) is 1. The van der Waals surface area contributed by atoms with Gasteiger partial charge in [0, 0.05) is 26.2 Å². The number of amides is 1. The molecule has 9 heteroatoms. The fourth-order valence-corrected chi connectivity index (χ4v) is 2.84. The lowest BCUT2D eigenvalue weighted by Crippen LogP contribution is -2.39. The predicted octanol–water partition coefficient (Wildman–Crippen LogP) is 2.21. The first-order chi connectivity index (χ1) is 11.2. The largest absolute Gasteiger partial charge is 0.444 e. The smallest absolute Gasteiger partial charge is 0.407 e. The van der Waals surface area contributed by atoms with Crippen LogP contribution in [0.4, 0.5) is 16.3 Å². The quantitative estimate of drug-likeness (QED) is 0.669. The standard InChI is InChI=1S/C15H25N5O4/c1-15(2,3)24-14(21)17-11-6-5-8-19(9-7-11)13-12(20(22)23)10-16-18(13)4/h10-11H,5-9H2,1-4H3,(H,17,21)/t11-/m1/s1. The second-order valence-electron chi connectivity index (χ2n) is 7.00. The Bertz CT molecular complexity index is 607. The summed E-state index contributed by atoms with van der Waals surface area (Å²) < 4.78 is 6.81. The van der Waals surface area contributed by atoms with Gasteiger partial charge in [0.25, 0.3) is 0 Å². The summed E-state index contributed by atoms with van der Waals surface area (Å²) in [4.78, 5) is 24.6. The third-order valence-electron chi connectivity index (χ3n) is 3.83. The highest BCUT2D eigenvalue weighted by atomic mass is 16.6. The minimum atomic E-state index is -0.532. The Hall–Kier alpha value is -2.32. The molecule has 1 aromatic heterocycles. The molecule has 1 saturated heterocycles. The molecule has 1 N–H and O–H groups in total. The lowest BCUT2D eigenvalue weighted by Gasteiger charge is -2.23. The lowest BCUT2D eigenvalue weighted by molar-refractivity contribution is -0.384. The van der Waals surface area contributed by atoms with Gasteiger partial charge >= 0.3 is 11.8 Å². The molecule has 134 valence electrons. The molecule has 0 unspecified atom stereocenters. The van der Waals surface area contributed by atoms with Gasteiger partial charge in [-0.25, -0.2) is 9.48 Å². The summed E-state index contributed by atoms with van der Waals surface area (Å²) in [7, 11) is 1.70. The van der Waals surface area contributed by atoms with Crippen LogP contribution < -0.4 is 10.2 Å². The van der Waals surface area contributed by atoms with Crippen LogP contribution in [0, 0.1) is 10.1 Å². The van der Waals surface area contributed by atoms with Gasteiger partial charge in [0.2, 0.25) is 5.82 Å². The van der Waals surface area contributed by atoms with Crippen LogP contribution in [0.15, 0.2) is 6.20 Å². The number of carbonyl (C=O) groups excluding carboxylic acids is 1. The van der Waals surface area contributed by atoms with Gasteiger partial charge in [-0.2, -0.15) is 5.10 Å². The molecule has 1 aliphatic rings. The monoisotopic (exact) mass is 339 g/mol. The van der Waals surface area contributed by atoms with Crippen molar-refractivity contribution in [2.75, 3.05) is 18.0 Å². The highest BCUT2D eigenvalue weighted by molar-refractivity contribution is 5.68. The summed E-state index contributed by atoms with van der Waals surface area (Å²) in [6, 6.07) is -0.00265. The molecule has 0 saturated carbocycles. The lowest BCUT2D eigenvalue weighted by atomic mass is 10.1. The SMILES string of the molecule is Cn1ncc([N+](=O)[O-])c1N1CCC[C@@H](NC(=O)OC(C)(C)C)CC1. The summed E-state index contributed by atoms with van der Waals surface area (Å²) in [5.74, 6) is 0.512. The van der Waals surface area contributed by atoms with Crippen molar-refractivity contribution < 1.29 is 14.5 Å². The molecule has 2 heterocycles. The van der Waals surface area contributed by atoms with Crippen LogP contribution in [0.1, 0.15) is 40.0 Å². The average Bonchev–Trinajstić information content (AvgIpc) is 2.68. The summed E-state index contributed by atoms with van der Waals surface area (Å²) in [5, 5.41) is 18.0. The molecule has 1 amide bonds. The number of anilines is 1. The summed E-state index contributed by atoms with van der Waals surface area (Å²) in [6.07, 6.45) is 3.18. The average molecular weight is 339 g/mol. The molecule has 1 atom stereocenters. The van der Waals surface area contributed by atoms with Crippen molar-refractivity contribution in [3.63, 3.8) is 0 Å². The molecule has 1 aliphatic heterocycles. The molecule has 1 fully saturated rings. The van der Waals surface area contributed by atoms with Crippen molar-refractivity contribution in [1.29, 1.82) is 0 Å². The maximum Gasteiger partial charge on any atom is 0.407 e. The highest BCUT2D eigenvalue weighted by Crippen LogP contribution is 2.29. The van der Waals surface area contributed by atoms with E-state index in [1.165, 1.54) is 10.9 Å². The number of nitro groups is 1. The van der Waals surface area contributed by atoms with Gasteiger partial charge in [-0.1, -0.05) is 0 Å². The van der Waals surface area contributed by atoms with Crippen LogP contribution in [0.3, 0.4) is 0 Å². The van der Waals surface area contributed by atoms with Gasteiger partial charge in [-0.15, -0.1) is 0 Å². The molecule has 2 rings (SSSR count). The molecule has 9 nitrogen and oxygen atoms in total. The van der Waals surface area contributed by atoms with Crippen molar-refractivity contribution in [3.05, 3.63) is 16.3 Å². The van der Waals surface area contributed by atoms with Crippen molar-refractivity contribution in [3.8, 4) is 0 Å². The Morgan fingerprint density at radius 1 is 1.42 bits per heavy atom. The van der Waals surface area contributed by atoms with Gasteiger partial charge in [-0.3, -0.25) is 10.1 Å². The Kier molecular flexibility index (Phi) is 5.30. The Balaban J connectivity index is 2.00. The van der Waals surface area contributed by atoms with Crippen molar-refractivity contribution in [2.45, 2.75) is 51.7 Å². The first-order valence-electron chi connectivity index (χ1n) is 8.08. The molecule has 0 aromatic carbocycles. The summed E-state index contributed by atoms with van der Waals surface area (Å²) in [6.45, 7) is 6.77. The Morgan fingerprint density at radius 3 is 2.75 bits per heavy atom. The van der Waals surface area contributed by atoms with Crippen molar-refractivity contribution in [1.82, 2.24) is 15.1 Å². The van der Waals surface area contributed by atoms with Crippen LogP contribution in [-0.2, 0) is 11.8 Å². The van der Waals surface area contributed by atoms with Crippen LogP contribution in [0.5, 0.6) is 0 Å². The number of carbonyl (C=O) groups is 1. The van der Waals surface area contributed by atoms with Crippen LogP contribution in [0.25, 0.3) is 0 Å². The van der Waals surface area contributed by atoms with E-state index in [0.717, 1.165) is 12.8 Å². The number of alkyl carbamates (subject to hydrolysis) is 1. The third-order valence-corrected chi connectivity index (χ3v) is 3.83. The van der Waals surface area contributed by atoms with Crippen molar-refractivity contribution >= 4 is 17.6 Å². The Labute approximate surface area is 141 Å². The predicted molar refractivity (Wildman–Crippen MR) is 89.1 cm³/mol.